The average molecular weight is 412 g/mol. The van der Waals surface area contributed by atoms with Gasteiger partial charge in [0.2, 0.25) is 0 Å². The van der Waals surface area contributed by atoms with E-state index in [1.54, 1.807) is 0 Å². The minimum atomic E-state index is -0.316. The molecule has 0 spiro atoms. The first-order valence-corrected chi connectivity index (χ1v) is 11.1. The Kier molecular flexibility index (Phi) is 4.21. The summed E-state index contributed by atoms with van der Waals surface area (Å²) in [4.78, 5) is 26.9. The third-order valence-corrected chi connectivity index (χ3v) is 6.84. The van der Waals surface area contributed by atoms with Crippen LogP contribution in [0.3, 0.4) is 0 Å². The molecule has 3 heteroatoms. The molecule has 3 nitrogen and oxygen atoms in total. The third kappa shape index (κ3) is 3.10. The number of fused-ring (bicyclic) bond motifs is 2. The van der Waals surface area contributed by atoms with E-state index in [1.807, 2.05) is 24.3 Å². The van der Waals surface area contributed by atoms with Gasteiger partial charge in [0.05, 0.1) is 5.70 Å². The molecule has 158 valence electrons. The topological polar surface area (TPSA) is 46.2 Å². The van der Waals surface area contributed by atoms with Gasteiger partial charge in [-0.1, -0.05) is 83.1 Å². The van der Waals surface area contributed by atoms with Crippen LogP contribution in [0, 0.1) is 5.41 Å². The molecular weight excluding hydrogens is 382 g/mol. The van der Waals surface area contributed by atoms with Gasteiger partial charge < -0.3 is 5.32 Å². The minimum absolute atomic E-state index is 0.0344. The molecule has 0 unspecified atom stereocenters. The Hall–Kier alpha value is -2.94. The molecular formula is C28H29NO2. The normalized spacial score (nSPS) is 22.2. The van der Waals surface area contributed by atoms with Crippen molar-refractivity contribution in [1.29, 1.82) is 0 Å². The van der Waals surface area contributed by atoms with Crippen molar-refractivity contribution in [2.75, 3.05) is 0 Å². The molecule has 0 saturated carbocycles. The van der Waals surface area contributed by atoms with Gasteiger partial charge in [0, 0.05) is 40.3 Å². The summed E-state index contributed by atoms with van der Waals surface area (Å²) in [5.41, 5.74) is 7.25. The third-order valence-electron chi connectivity index (χ3n) is 6.84. The van der Waals surface area contributed by atoms with E-state index >= 15 is 0 Å². The van der Waals surface area contributed by atoms with Crippen LogP contribution in [0.5, 0.6) is 0 Å². The summed E-state index contributed by atoms with van der Waals surface area (Å²) < 4.78 is 0. The van der Waals surface area contributed by atoms with Crippen molar-refractivity contribution in [3.8, 4) is 0 Å². The van der Waals surface area contributed by atoms with Gasteiger partial charge in [-0.2, -0.15) is 0 Å². The summed E-state index contributed by atoms with van der Waals surface area (Å²) in [6.07, 6.45) is 1.31. The fourth-order valence-electron chi connectivity index (χ4n) is 5.30. The van der Waals surface area contributed by atoms with Crippen LogP contribution in [-0.2, 0) is 10.2 Å². The second-order valence-electron chi connectivity index (χ2n) is 10.9. The maximum absolute atomic E-state index is 13.5. The maximum atomic E-state index is 13.5. The van der Waals surface area contributed by atoms with E-state index < -0.39 is 0 Å². The molecule has 0 amide bonds. The van der Waals surface area contributed by atoms with Gasteiger partial charge in [-0.25, -0.2) is 0 Å². The van der Waals surface area contributed by atoms with Crippen LogP contribution < -0.4 is 5.32 Å². The fourth-order valence-corrected chi connectivity index (χ4v) is 5.30. The van der Waals surface area contributed by atoms with Crippen molar-refractivity contribution in [3.63, 3.8) is 0 Å². The lowest BCUT2D eigenvalue weighted by Gasteiger charge is -2.39. The number of allylic oxidation sites excluding steroid dienone is 3. The van der Waals surface area contributed by atoms with Crippen molar-refractivity contribution < 1.29 is 9.59 Å². The Bertz CT molecular complexity index is 1190. The largest absolute Gasteiger partial charge is 0.358 e. The van der Waals surface area contributed by atoms with Crippen molar-refractivity contribution in [2.45, 2.75) is 58.8 Å². The van der Waals surface area contributed by atoms with Crippen LogP contribution in [0.15, 0.2) is 65.4 Å². The highest BCUT2D eigenvalue weighted by Crippen LogP contribution is 2.51. The summed E-state index contributed by atoms with van der Waals surface area (Å²) in [7, 11) is 0. The highest BCUT2D eigenvalue weighted by Gasteiger charge is 2.46. The number of carbonyl (C=O) groups is 2. The van der Waals surface area contributed by atoms with Crippen molar-refractivity contribution >= 4 is 17.3 Å². The highest BCUT2D eigenvalue weighted by molar-refractivity contribution is 6.23. The van der Waals surface area contributed by atoms with Crippen LogP contribution in [0.2, 0.25) is 0 Å². The Balaban J connectivity index is 1.71. The maximum Gasteiger partial charge on any atom is 0.192 e. The van der Waals surface area contributed by atoms with Crippen LogP contribution >= 0.6 is 0 Å². The van der Waals surface area contributed by atoms with E-state index in [0.29, 0.717) is 6.42 Å². The van der Waals surface area contributed by atoms with Gasteiger partial charge >= 0.3 is 0 Å². The Morgan fingerprint density at radius 1 is 0.871 bits per heavy atom. The summed E-state index contributed by atoms with van der Waals surface area (Å²) >= 11 is 0. The predicted octanol–water partition coefficient (Wildman–Crippen LogP) is 5.92. The molecule has 0 radical (unpaired) electrons. The standard InChI is InChI=1S/C28H29NO2/c1-27(2,3)17-12-10-16(11-13-17)22-23-20(14-28(4,5)15-21(23)30)29-25-18-8-6-7-9-19(18)26(31)24(22)25/h6-13,22,29H,14-15H2,1-5H3/t22-/m1/s1. The zero-order valence-electron chi connectivity index (χ0n) is 18.9. The number of hydrogen-bond donors (Lipinski definition) is 1. The number of nitrogens with one attached hydrogen (secondary N) is 1. The lowest BCUT2D eigenvalue weighted by molar-refractivity contribution is -0.118. The zero-order chi connectivity index (χ0) is 22.1. The smallest absolute Gasteiger partial charge is 0.192 e. The van der Waals surface area contributed by atoms with Gasteiger partial charge in [0.15, 0.2) is 11.6 Å². The van der Waals surface area contributed by atoms with E-state index in [0.717, 1.165) is 45.7 Å². The summed E-state index contributed by atoms with van der Waals surface area (Å²) in [5.74, 6) is -0.130. The first-order chi connectivity index (χ1) is 14.6. The minimum Gasteiger partial charge on any atom is -0.358 e. The molecule has 2 aromatic carbocycles. The predicted molar refractivity (Wildman–Crippen MR) is 124 cm³/mol. The number of hydrogen-bond acceptors (Lipinski definition) is 3. The molecule has 0 fully saturated rings. The number of Topliss-reactive ketones (excluding diaryl/α,β-unsaturated/α-hetero) is 2. The van der Waals surface area contributed by atoms with Gasteiger partial charge in [0.25, 0.3) is 0 Å². The molecule has 2 aromatic rings. The zero-order valence-corrected chi connectivity index (χ0v) is 18.9. The summed E-state index contributed by atoms with van der Waals surface area (Å²) in [6, 6.07) is 16.3. The molecule has 1 aliphatic heterocycles. The first kappa shape index (κ1) is 20.0. The Morgan fingerprint density at radius 2 is 1.52 bits per heavy atom. The molecule has 0 bridgehead atoms. The van der Waals surface area contributed by atoms with Crippen molar-refractivity contribution in [2.24, 2.45) is 5.41 Å². The number of rotatable bonds is 1. The molecule has 0 saturated heterocycles. The van der Waals surface area contributed by atoms with Crippen LogP contribution in [-0.4, -0.2) is 11.6 Å². The van der Waals surface area contributed by atoms with E-state index in [-0.39, 0.29) is 28.3 Å². The lowest BCUT2D eigenvalue weighted by Crippen LogP contribution is -2.37. The van der Waals surface area contributed by atoms with Gasteiger partial charge in [0.1, 0.15) is 0 Å². The average Bonchev–Trinajstić information content (AvgIpc) is 2.97. The second kappa shape index (κ2) is 6.53. The van der Waals surface area contributed by atoms with Crippen LogP contribution in [0.25, 0.3) is 5.70 Å². The van der Waals surface area contributed by atoms with Gasteiger partial charge in [-0.3, -0.25) is 9.59 Å². The molecule has 2 aliphatic carbocycles. The van der Waals surface area contributed by atoms with E-state index in [2.05, 4.69) is 64.2 Å². The molecule has 0 aromatic heterocycles. The van der Waals surface area contributed by atoms with Crippen LogP contribution in [0.4, 0.5) is 0 Å². The highest BCUT2D eigenvalue weighted by atomic mass is 16.1. The summed E-state index contributed by atoms with van der Waals surface area (Å²) in [5, 5.41) is 3.54. The fraction of sp³-hybridized carbons (Fsp3) is 0.357. The molecule has 1 atom stereocenters. The molecule has 3 aliphatic rings. The van der Waals surface area contributed by atoms with Crippen LogP contribution in [0.1, 0.15) is 80.4 Å². The van der Waals surface area contributed by atoms with Crippen molar-refractivity contribution in [1.82, 2.24) is 5.32 Å². The molecule has 1 N–H and O–H groups in total. The number of ketones is 2. The number of dihydropyridines is 1. The SMILES string of the molecule is CC1(C)CC(=O)C2=C(C1)NC1=C(C(=O)c3ccccc31)[C@@H]2c1ccc(C(C)(C)C)cc1. The van der Waals surface area contributed by atoms with E-state index in [1.165, 1.54) is 5.56 Å². The Labute approximate surface area is 184 Å². The molecule has 31 heavy (non-hydrogen) atoms. The molecule has 1 heterocycles. The quantitative estimate of drug-likeness (QED) is 0.633. The van der Waals surface area contributed by atoms with Crippen molar-refractivity contribution in [3.05, 3.63) is 87.6 Å². The monoisotopic (exact) mass is 411 g/mol. The van der Waals surface area contributed by atoms with Gasteiger partial charge in [-0.05, 0) is 28.4 Å². The summed E-state index contributed by atoms with van der Waals surface area (Å²) in [6.45, 7) is 10.9. The molecule has 5 rings (SSSR count). The van der Waals surface area contributed by atoms with E-state index in [9.17, 15) is 9.59 Å². The van der Waals surface area contributed by atoms with E-state index in [4.69, 9.17) is 0 Å². The number of benzene rings is 2. The second-order valence-corrected chi connectivity index (χ2v) is 10.9. The first-order valence-electron chi connectivity index (χ1n) is 11.1. The number of carbonyl (C=O) groups excluding carboxylic acids is 2. The Morgan fingerprint density at radius 3 is 2.16 bits per heavy atom. The van der Waals surface area contributed by atoms with Gasteiger partial charge in [-0.15, -0.1) is 0 Å². The lowest BCUT2D eigenvalue weighted by atomic mass is 9.68.